The number of hydrogen-bond donors (Lipinski definition) is 1. The van der Waals surface area contributed by atoms with Gasteiger partial charge in [0.15, 0.2) is 0 Å². The van der Waals surface area contributed by atoms with Crippen molar-refractivity contribution in [3.05, 3.63) is 71.3 Å². The average molecular weight is 224 g/mol. The fourth-order valence-electron chi connectivity index (χ4n) is 2.95. The molecule has 0 saturated carbocycles. The molecule has 0 unspecified atom stereocenters. The van der Waals surface area contributed by atoms with Crippen LogP contribution in [0.5, 0.6) is 0 Å². The van der Waals surface area contributed by atoms with E-state index in [1.54, 1.807) is 0 Å². The molecule has 0 aliphatic heterocycles. The molecule has 1 heteroatoms. The Balaban J connectivity index is 2.20. The van der Waals surface area contributed by atoms with Gasteiger partial charge in [-0.1, -0.05) is 61.5 Å². The van der Waals surface area contributed by atoms with Crippen molar-refractivity contribution in [3.8, 4) is 0 Å². The zero-order valence-electron chi connectivity index (χ0n) is 9.93. The van der Waals surface area contributed by atoms with Gasteiger partial charge >= 0.3 is 0 Å². The molecule has 17 heavy (non-hydrogen) atoms. The molecule has 0 amide bonds. The molecular weight excluding hydrogens is 208 g/mol. The molecule has 3 rings (SSSR count). The fraction of sp³-hybridized carbons (Fsp3) is 0.250. The largest absolute Gasteiger partial charge is 0.380 e. The zero-order chi connectivity index (χ0) is 11.9. The highest BCUT2D eigenvalue weighted by molar-refractivity contribution is 5.46. The summed E-state index contributed by atoms with van der Waals surface area (Å²) >= 11 is 0. The third-order valence-electron chi connectivity index (χ3n) is 3.88. The van der Waals surface area contributed by atoms with Crippen molar-refractivity contribution >= 4 is 0 Å². The first-order valence-electron chi connectivity index (χ1n) is 6.09. The Hall–Kier alpha value is -1.60. The first-order chi connectivity index (χ1) is 8.23. The topological polar surface area (TPSA) is 20.2 Å². The van der Waals surface area contributed by atoms with Crippen molar-refractivity contribution in [2.75, 3.05) is 0 Å². The molecule has 0 saturated heterocycles. The van der Waals surface area contributed by atoms with Crippen molar-refractivity contribution < 1.29 is 5.11 Å². The summed E-state index contributed by atoms with van der Waals surface area (Å²) in [6.07, 6.45) is 0.946. The van der Waals surface area contributed by atoms with E-state index < -0.39 is 5.60 Å². The van der Waals surface area contributed by atoms with Crippen molar-refractivity contribution in [2.24, 2.45) is 5.92 Å². The second kappa shape index (κ2) is 3.71. The Labute approximate surface area is 102 Å². The third kappa shape index (κ3) is 1.43. The zero-order valence-corrected chi connectivity index (χ0v) is 9.93. The predicted octanol–water partition coefficient (Wildman–Crippen LogP) is 3.11. The highest BCUT2D eigenvalue weighted by atomic mass is 16.3. The quantitative estimate of drug-likeness (QED) is 0.789. The van der Waals surface area contributed by atoms with Gasteiger partial charge in [0, 0.05) is 0 Å². The van der Waals surface area contributed by atoms with E-state index in [1.165, 1.54) is 5.56 Å². The molecule has 1 aliphatic rings. The monoisotopic (exact) mass is 224 g/mol. The molecule has 2 aromatic carbocycles. The molecule has 1 nitrogen and oxygen atoms in total. The van der Waals surface area contributed by atoms with Gasteiger partial charge in [-0.2, -0.15) is 0 Å². The molecule has 1 N–H and O–H groups in total. The summed E-state index contributed by atoms with van der Waals surface area (Å²) in [4.78, 5) is 0. The summed E-state index contributed by atoms with van der Waals surface area (Å²) in [5.74, 6) is 0.224. The van der Waals surface area contributed by atoms with Gasteiger partial charge in [-0.3, -0.25) is 0 Å². The molecular formula is C16H16O. The summed E-state index contributed by atoms with van der Waals surface area (Å²) in [6.45, 7) is 2.12. The minimum atomic E-state index is -0.822. The first kappa shape index (κ1) is 10.5. The third-order valence-corrected chi connectivity index (χ3v) is 3.88. The van der Waals surface area contributed by atoms with Crippen LogP contribution in [0.25, 0.3) is 0 Å². The van der Waals surface area contributed by atoms with Crippen LogP contribution in [0.15, 0.2) is 54.6 Å². The van der Waals surface area contributed by atoms with Gasteiger partial charge in [-0.25, -0.2) is 0 Å². The smallest absolute Gasteiger partial charge is 0.118 e. The number of rotatable bonds is 1. The van der Waals surface area contributed by atoms with E-state index in [4.69, 9.17) is 0 Å². The van der Waals surface area contributed by atoms with Crippen molar-refractivity contribution in [1.29, 1.82) is 0 Å². The highest BCUT2D eigenvalue weighted by Gasteiger charge is 2.43. The Morgan fingerprint density at radius 3 is 2.41 bits per heavy atom. The summed E-state index contributed by atoms with van der Waals surface area (Å²) in [6, 6.07) is 18.2. The van der Waals surface area contributed by atoms with Crippen molar-refractivity contribution in [2.45, 2.75) is 18.9 Å². The van der Waals surface area contributed by atoms with E-state index in [2.05, 4.69) is 13.0 Å². The molecule has 0 fully saturated rings. The standard InChI is InChI=1S/C16H16O/c1-12-11-13-7-5-6-10-15(13)16(12,17)14-8-3-2-4-9-14/h2-10,12,17H,11H2,1H3/t12-,16-/m1/s1. The number of benzene rings is 2. The van der Waals surface area contributed by atoms with Gasteiger partial charge in [-0.15, -0.1) is 0 Å². The Morgan fingerprint density at radius 1 is 1.00 bits per heavy atom. The lowest BCUT2D eigenvalue weighted by Gasteiger charge is -2.29. The van der Waals surface area contributed by atoms with Crippen LogP contribution >= 0.6 is 0 Å². The summed E-state index contributed by atoms with van der Waals surface area (Å²) in [5.41, 5.74) is 2.51. The van der Waals surface area contributed by atoms with Gasteiger partial charge in [-0.05, 0) is 29.0 Å². The molecule has 0 radical (unpaired) electrons. The normalized spacial score (nSPS) is 26.8. The summed E-state index contributed by atoms with van der Waals surface area (Å²) in [7, 11) is 0. The van der Waals surface area contributed by atoms with E-state index in [0.717, 1.165) is 17.5 Å². The SMILES string of the molecule is C[C@@H]1Cc2ccccc2[C@]1(O)c1ccccc1. The molecule has 0 spiro atoms. The van der Waals surface area contributed by atoms with Gasteiger partial charge in [0.25, 0.3) is 0 Å². The molecule has 0 bridgehead atoms. The van der Waals surface area contributed by atoms with Crippen LogP contribution in [-0.4, -0.2) is 5.11 Å². The molecule has 86 valence electrons. The van der Waals surface area contributed by atoms with Gasteiger partial charge in [0.1, 0.15) is 5.60 Å². The molecule has 2 atom stereocenters. The fourth-order valence-corrected chi connectivity index (χ4v) is 2.95. The Bertz CT molecular complexity index is 532. The van der Waals surface area contributed by atoms with E-state index in [0.29, 0.717) is 0 Å². The Morgan fingerprint density at radius 2 is 1.65 bits per heavy atom. The first-order valence-corrected chi connectivity index (χ1v) is 6.09. The lowest BCUT2D eigenvalue weighted by atomic mass is 9.82. The van der Waals surface area contributed by atoms with Crippen LogP contribution in [0.1, 0.15) is 23.6 Å². The Kier molecular flexibility index (Phi) is 2.30. The van der Waals surface area contributed by atoms with Gasteiger partial charge in [0.2, 0.25) is 0 Å². The maximum absolute atomic E-state index is 11.1. The average Bonchev–Trinajstić information content (AvgIpc) is 2.64. The maximum atomic E-state index is 11.1. The summed E-state index contributed by atoms with van der Waals surface area (Å²) < 4.78 is 0. The highest BCUT2D eigenvalue weighted by Crippen LogP contribution is 2.45. The molecule has 0 aromatic heterocycles. The van der Waals surface area contributed by atoms with Gasteiger partial charge in [0.05, 0.1) is 0 Å². The number of hydrogen-bond acceptors (Lipinski definition) is 1. The van der Waals surface area contributed by atoms with Crippen LogP contribution in [0.3, 0.4) is 0 Å². The van der Waals surface area contributed by atoms with Crippen LogP contribution in [0.4, 0.5) is 0 Å². The van der Waals surface area contributed by atoms with E-state index in [9.17, 15) is 5.11 Å². The molecule has 0 heterocycles. The molecule has 2 aromatic rings. The minimum absolute atomic E-state index is 0.224. The number of fused-ring (bicyclic) bond motifs is 1. The molecule has 1 aliphatic carbocycles. The van der Waals surface area contributed by atoms with E-state index >= 15 is 0 Å². The number of aliphatic hydroxyl groups is 1. The van der Waals surface area contributed by atoms with E-state index in [1.807, 2.05) is 48.5 Å². The van der Waals surface area contributed by atoms with Crippen LogP contribution in [-0.2, 0) is 12.0 Å². The van der Waals surface area contributed by atoms with Crippen molar-refractivity contribution in [3.63, 3.8) is 0 Å². The van der Waals surface area contributed by atoms with Crippen LogP contribution in [0, 0.1) is 5.92 Å². The van der Waals surface area contributed by atoms with Crippen molar-refractivity contribution in [1.82, 2.24) is 0 Å². The van der Waals surface area contributed by atoms with Gasteiger partial charge < -0.3 is 5.11 Å². The predicted molar refractivity (Wildman–Crippen MR) is 68.8 cm³/mol. The minimum Gasteiger partial charge on any atom is -0.380 e. The van der Waals surface area contributed by atoms with E-state index in [-0.39, 0.29) is 5.92 Å². The second-order valence-corrected chi connectivity index (χ2v) is 4.89. The lowest BCUT2D eigenvalue weighted by Crippen LogP contribution is -2.30. The van der Waals surface area contributed by atoms with Crippen LogP contribution in [0.2, 0.25) is 0 Å². The summed E-state index contributed by atoms with van der Waals surface area (Å²) in [5, 5.41) is 11.1. The van der Waals surface area contributed by atoms with Crippen LogP contribution < -0.4 is 0 Å². The second-order valence-electron chi connectivity index (χ2n) is 4.89. The maximum Gasteiger partial charge on any atom is 0.118 e. The lowest BCUT2D eigenvalue weighted by molar-refractivity contribution is 0.0380.